The fourth-order valence-corrected chi connectivity index (χ4v) is 5.37. The minimum atomic E-state index is -0.0523. The quantitative estimate of drug-likeness (QED) is 0.362. The van der Waals surface area contributed by atoms with Gasteiger partial charge in [0.1, 0.15) is 0 Å². The Balaban J connectivity index is 1.58. The summed E-state index contributed by atoms with van der Waals surface area (Å²) in [6, 6.07) is 28.6. The summed E-state index contributed by atoms with van der Waals surface area (Å²) in [6.45, 7) is 0. The first-order chi connectivity index (χ1) is 10.8. The molecule has 3 aromatic rings. The number of hydrogen-bond acceptors (Lipinski definition) is 1. The Morgan fingerprint density at radius 2 is 1.36 bits per heavy atom. The average Bonchev–Trinajstić information content (AvgIpc) is 2.57. The van der Waals surface area contributed by atoms with Gasteiger partial charge >= 0.3 is 21.2 Å². The molecule has 0 nitrogen and oxygen atoms in total. The molecule has 0 aromatic heterocycles. The summed E-state index contributed by atoms with van der Waals surface area (Å²) in [5, 5.41) is 0. The Morgan fingerprint density at radius 3 is 2.05 bits per heavy atom. The second kappa shape index (κ2) is 8.36. The first kappa shape index (κ1) is 16.3. The molecule has 3 aromatic carbocycles. The largest absolute Gasteiger partial charge is 0.357 e. The SMILES string of the molecule is Ic1ccc(CSc2ccc([I+]c3ccccc3)cc2)cc1. The van der Waals surface area contributed by atoms with Crippen LogP contribution in [0.3, 0.4) is 0 Å². The highest BCUT2D eigenvalue weighted by atomic mass is 127. The van der Waals surface area contributed by atoms with Crippen molar-refractivity contribution in [2.24, 2.45) is 0 Å². The topological polar surface area (TPSA) is 0 Å². The molecule has 0 aliphatic heterocycles. The van der Waals surface area contributed by atoms with E-state index in [-0.39, 0.29) is 21.2 Å². The van der Waals surface area contributed by atoms with Crippen molar-refractivity contribution in [3.05, 3.63) is 95.1 Å². The molecule has 110 valence electrons. The van der Waals surface area contributed by atoms with Crippen LogP contribution in [-0.4, -0.2) is 0 Å². The molecule has 0 aliphatic rings. The lowest BCUT2D eigenvalue weighted by Crippen LogP contribution is -3.61. The second-order valence-corrected chi connectivity index (χ2v) is 10.1. The van der Waals surface area contributed by atoms with Crippen LogP contribution in [0.4, 0.5) is 0 Å². The fraction of sp³-hybridized carbons (Fsp3) is 0.0526. The third-order valence-corrected chi connectivity index (χ3v) is 7.57. The van der Waals surface area contributed by atoms with Gasteiger partial charge in [-0.3, -0.25) is 0 Å². The van der Waals surface area contributed by atoms with Crippen molar-refractivity contribution >= 4 is 34.4 Å². The summed E-state index contributed by atoms with van der Waals surface area (Å²) >= 11 is 4.20. The third-order valence-electron chi connectivity index (χ3n) is 3.08. The molecule has 0 saturated carbocycles. The number of thioether (sulfide) groups is 1. The molecule has 0 fully saturated rings. The number of benzene rings is 3. The third kappa shape index (κ3) is 4.99. The summed E-state index contributed by atoms with van der Waals surface area (Å²) in [5.41, 5.74) is 1.38. The summed E-state index contributed by atoms with van der Waals surface area (Å²) in [7, 11) is 0. The lowest BCUT2D eigenvalue weighted by Gasteiger charge is -2.02. The van der Waals surface area contributed by atoms with Gasteiger partial charge in [0, 0.05) is 14.2 Å². The van der Waals surface area contributed by atoms with E-state index in [4.69, 9.17) is 0 Å². The van der Waals surface area contributed by atoms with Crippen LogP contribution in [0, 0.1) is 10.7 Å². The lowest BCUT2D eigenvalue weighted by atomic mass is 10.2. The van der Waals surface area contributed by atoms with Gasteiger partial charge in [0.2, 0.25) is 0 Å². The highest BCUT2D eigenvalue weighted by molar-refractivity contribution is 14.1. The zero-order chi connectivity index (χ0) is 15.2. The van der Waals surface area contributed by atoms with E-state index in [0.29, 0.717) is 0 Å². The van der Waals surface area contributed by atoms with Crippen LogP contribution in [0.1, 0.15) is 5.56 Å². The fourth-order valence-electron chi connectivity index (χ4n) is 1.94. The van der Waals surface area contributed by atoms with Gasteiger partial charge in [0.15, 0.2) is 7.14 Å². The van der Waals surface area contributed by atoms with Crippen molar-refractivity contribution < 1.29 is 21.2 Å². The van der Waals surface area contributed by atoms with Crippen LogP contribution in [0.2, 0.25) is 0 Å². The van der Waals surface area contributed by atoms with Crippen LogP contribution in [-0.2, 0) is 5.75 Å². The van der Waals surface area contributed by atoms with Crippen LogP contribution in [0.5, 0.6) is 0 Å². The van der Waals surface area contributed by atoms with Crippen LogP contribution < -0.4 is 21.2 Å². The summed E-state index contributed by atoms with van der Waals surface area (Å²) in [6.07, 6.45) is 0. The van der Waals surface area contributed by atoms with E-state index in [1.165, 1.54) is 21.2 Å². The molecule has 0 heterocycles. The van der Waals surface area contributed by atoms with Crippen LogP contribution in [0.15, 0.2) is 83.8 Å². The summed E-state index contributed by atoms with van der Waals surface area (Å²) < 4.78 is 4.24. The minimum Gasteiger partial charge on any atom is -0.121 e. The van der Waals surface area contributed by atoms with E-state index in [0.717, 1.165) is 5.75 Å². The molecule has 0 spiro atoms. The molecule has 0 N–H and O–H groups in total. The van der Waals surface area contributed by atoms with Gasteiger partial charge in [-0.25, -0.2) is 0 Å². The lowest BCUT2D eigenvalue weighted by molar-refractivity contribution is -0.597. The van der Waals surface area contributed by atoms with Crippen molar-refractivity contribution in [1.82, 2.24) is 0 Å². The maximum Gasteiger partial charge on any atom is 0.357 e. The molecular weight excluding hydrogens is 514 g/mol. The molecule has 3 rings (SSSR count). The monoisotopic (exact) mass is 529 g/mol. The van der Waals surface area contributed by atoms with Crippen molar-refractivity contribution in [2.45, 2.75) is 10.6 Å². The maximum absolute atomic E-state index is 2.35. The number of hydrogen-bond donors (Lipinski definition) is 0. The molecular formula is C19H15I2S+. The zero-order valence-electron chi connectivity index (χ0n) is 11.9. The van der Waals surface area contributed by atoms with Crippen molar-refractivity contribution in [1.29, 1.82) is 0 Å². The van der Waals surface area contributed by atoms with Crippen molar-refractivity contribution in [3.63, 3.8) is 0 Å². The molecule has 22 heavy (non-hydrogen) atoms. The minimum absolute atomic E-state index is 0.0523. The first-order valence-electron chi connectivity index (χ1n) is 6.97. The van der Waals surface area contributed by atoms with Crippen LogP contribution >= 0.6 is 34.4 Å². The molecule has 0 unspecified atom stereocenters. The van der Waals surface area contributed by atoms with Gasteiger partial charge in [-0.2, -0.15) is 0 Å². The standard InChI is InChI=1S/C19H15I2S/c20-16-8-6-15(7-9-16)14-22-19-12-10-18(11-13-19)21-17-4-2-1-3-5-17/h1-13H,14H2/q+1. The second-order valence-electron chi connectivity index (χ2n) is 4.76. The molecule has 0 saturated heterocycles. The highest BCUT2D eigenvalue weighted by Crippen LogP contribution is 2.22. The van der Waals surface area contributed by atoms with Gasteiger partial charge in [-0.15, -0.1) is 11.8 Å². The maximum atomic E-state index is 2.35. The van der Waals surface area contributed by atoms with E-state index in [1.54, 1.807) is 0 Å². The van der Waals surface area contributed by atoms with Gasteiger partial charge < -0.3 is 0 Å². The van der Waals surface area contributed by atoms with E-state index in [9.17, 15) is 0 Å². The predicted molar refractivity (Wildman–Crippen MR) is 99.0 cm³/mol. The Morgan fingerprint density at radius 1 is 0.727 bits per heavy atom. The molecule has 0 bridgehead atoms. The van der Waals surface area contributed by atoms with Gasteiger partial charge in [0.25, 0.3) is 0 Å². The highest BCUT2D eigenvalue weighted by Gasteiger charge is 2.14. The Labute approximate surface area is 160 Å². The zero-order valence-corrected chi connectivity index (χ0v) is 17.0. The molecule has 0 atom stereocenters. The number of halogens is 2. The molecule has 0 amide bonds. The van der Waals surface area contributed by atoms with E-state index in [2.05, 4.69) is 101 Å². The van der Waals surface area contributed by atoms with Gasteiger partial charge in [0.05, 0.1) is 0 Å². The Hall–Kier alpha value is -0.530. The molecule has 0 radical (unpaired) electrons. The van der Waals surface area contributed by atoms with Crippen molar-refractivity contribution in [2.75, 3.05) is 0 Å². The predicted octanol–water partition coefficient (Wildman–Crippen LogP) is 2.71. The smallest absolute Gasteiger partial charge is 0.121 e. The summed E-state index contributed by atoms with van der Waals surface area (Å²) in [4.78, 5) is 1.35. The molecule has 3 heteroatoms. The van der Waals surface area contributed by atoms with Gasteiger partial charge in [-0.1, -0.05) is 30.3 Å². The molecule has 0 aliphatic carbocycles. The van der Waals surface area contributed by atoms with Gasteiger partial charge in [-0.05, 0) is 76.7 Å². The normalized spacial score (nSPS) is 10.6. The van der Waals surface area contributed by atoms with E-state index in [1.807, 2.05) is 11.8 Å². The van der Waals surface area contributed by atoms with Crippen molar-refractivity contribution in [3.8, 4) is 0 Å². The average molecular weight is 529 g/mol. The van der Waals surface area contributed by atoms with Crippen LogP contribution in [0.25, 0.3) is 0 Å². The number of rotatable bonds is 5. The summed E-state index contributed by atoms with van der Waals surface area (Å²) in [5.74, 6) is 1.03. The Kier molecular flexibility index (Phi) is 6.20. The van der Waals surface area contributed by atoms with E-state index < -0.39 is 0 Å². The Bertz CT molecular complexity index is 707. The first-order valence-corrected chi connectivity index (χ1v) is 11.2. The van der Waals surface area contributed by atoms with E-state index >= 15 is 0 Å².